The lowest BCUT2D eigenvalue weighted by atomic mass is 9.82. The molecule has 2 saturated heterocycles. The summed E-state index contributed by atoms with van der Waals surface area (Å²) in [5.41, 5.74) is 0.940. The van der Waals surface area contributed by atoms with Gasteiger partial charge in [-0.25, -0.2) is 0 Å². The van der Waals surface area contributed by atoms with Crippen LogP contribution in [0.15, 0.2) is 36.0 Å². The van der Waals surface area contributed by atoms with Crippen molar-refractivity contribution in [2.24, 2.45) is 11.3 Å². The molecule has 0 aliphatic carbocycles. The van der Waals surface area contributed by atoms with Gasteiger partial charge in [0.25, 0.3) is 5.91 Å². The lowest BCUT2D eigenvalue weighted by Crippen LogP contribution is -2.38. The highest BCUT2D eigenvalue weighted by Gasteiger charge is 2.52. The highest BCUT2D eigenvalue weighted by Crippen LogP contribution is 2.42. The summed E-state index contributed by atoms with van der Waals surface area (Å²) in [5, 5.41) is 1.98. The van der Waals surface area contributed by atoms with Gasteiger partial charge in [0.15, 0.2) is 0 Å². The number of hydrogen-bond acceptors (Lipinski definition) is 5. The van der Waals surface area contributed by atoms with Crippen LogP contribution in [-0.4, -0.2) is 48.7 Å². The molecule has 5 nitrogen and oxygen atoms in total. The molecule has 6 heteroatoms. The number of thiophene rings is 1. The monoisotopic (exact) mass is 344 g/mol. The fourth-order valence-corrected chi connectivity index (χ4v) is 4.48. The predicted octanol–water partition coefficient (Wildman–Crippen LogP) is 2.62. The van der Waals surface area contributed by atoms with E-state index in [9.17, 15) is 4.79 Å². The first-order valence-electron chi connectivity index (χ1n) is 8.12. The SMILES string of the molecule is Cc1ccsc1C(=O)N1C[C@@H]2COC[C@]2(COc2cccnc2)C1. The molecule has 1 amide bonds. The summed E-state index contributed by atoms with van der Waals surface area (Å²) in [6, 6.07) is 5.76. The fraction of sp³-hybridized carbons (Fsp3) is 0.444. The van der Waals surface area contributed by atoms with Crippen LogP contribution < -0.4 is 4.74 Å². The van der Waals surface area contributed by atoms with Crippen LogP contribution in [0.1, 0.15) is 15.2 Å². The van der Waals surface area contributed by atoms with Gasteiger partial charge in [-0.05, 0) is 36.1 Å². The van der Waals surface area contributed by atoms with E-state index < -0.39 is 0 Å². The molecule has 2 aliphatic heterocycles. The van der Waals surface area contributed by atoms with E-state index in [2.05, 4.69) is 4.98 Å². The van der Waals surface area contributed by atoms with Crippen molar-refractivity contribution in [3.05, 3.63) is 46.4 Å². The van der Waals surface area contributed by atoms with Gasteiger partial charge in [0.1, 0.15) is 5.75 Å². The van der Waals surface area contributed by atoms with Crippen molar-refractivity contribution in [2.75, 3.05) is 32.9 Å². The first-order valence-corrected chi connectivity index (χ1v) is 9.00. The topological polar surface area (TPSA) is 51.7 Å². The van der Waals surface area contributed by atoms with Crippen molar-refractivity contribution in [3.8, 4) is 5.75 Å². The van der Waals surface area contributed by atoms with Gasteiger partial charge in [0.2, 0.25) is 0 Å². The summed E-state index contributed by atoms with van der Waals surface area (Å²) in [4.78, 5) is 19.7. The molecule has 0 saturated carbocycles. The molecule has 0 aromatic carbocycles. The molecule has 0 unspecified atom stereocenters. The van der Waals surface area contributed by atoms with Crippen LogP contribution in [0.2, 0.25) is 0 Å². The minimum Gasteiger partial charge on any atom is -0.491 e. The van der Waals surface area contributed by atoms with Crippen molar-refractivity contribution >= 4 is 17.2 Å². The number of rotatable bonds is 4. The molecule has 0 N–H and O–H groups in total. The van der Waals surface area contributed by atoms with E-state index in [0.29, 0.717) is 32.3 Å². The quantitative estimate of drug-likeness (QED) is 0.856. The molecule has 126 valence electrons. The van der Waals surface area contributed by atoms with Gasteiger partial charge in [0.05, 0.1) is 36.3 Å². The molecule has 4 heterocycles. The Labute approximate surface area is 145 Å². The molecular formula is C18H20N2O3S. The molecule has 0 radical (unpaired) electrons. The van der Waals surface area contributed by atoms with E-state index in [0.717, 1.165) is 22.7 Å². The smallest absolute Gasteiger partial charge is 0.264 e. The van der Waals surface area contributed by atoms with Gasteiger partial charge in [-0.2, -0.15) is 0 Å². The summed E-state index contributed by atoms with van der Waals surface area (Å²) >= 11 is 1.52. The second kappa shape index (κ2) is 6.18. The lowest BCUT2D eigenvalue weighted by molar-refractivity contribution is 0.0663. The third-order valence-corrected chi connectivity index (χ3v) is 6.03. The van der Waals surface area contributed by atoms with Crippen LogP contribution in [0, 0.1) is 18.3 Å². The van der Waals surface area contributed by atoms with Crippen molar-refractivity contribution in [3.63, 3.8) is 0 Å². The maximum atomic E-state index is 12.8. The van der Waals surface area contributed by atoms with Crippen LogP contribution in [0.5, 0.6) is 5.75 Å². The van der Waals surface area contributed by atoms with Gasteiger partial charge >= 0.3 is 0 Å². The molecule has 0 spiro atoms. The Balaban J connectivity index is 1.49. The number of fused-ring (bicyclic) bond motifs is 1. The third-order valence-electron chi connectivity index (χ3n) is 5.03. The number of pyridine rings is 1. The van der Waals surface area contributed by atoms with E-state index in [-0.39, 0.29) is 11.3 Å². The number of carbonyl (C=O) groups excluding carboxylic acids is 1. The van der Waals surface area contributed by atoms with E-state index in [1.165, 1.54) is 11.3 Å². The summed E-state index contributed by atoms with van der Waals surface area (Å²) in [5.74, 6) is 1.23. The molecule has 0 bridgehead atoms. The van der Waals surface area contributed by atoms with Gasteiger partial charge < -0.3 is 14.4 Å². The average molecular weight is 344 g/mol. The van der Waals surface area contributed by atoms with Crippen LogP contribution >= 0.6 is 11.3 Å². The molecule has 2 aliphatic rings. The number of ether oxygens (including phenoxy) is 2. The summed E-state index contributed by atoms with van der Waals surface area (Å²) in [7, 11) is 0. The zero-order chi connectivity index (χ0) is 16.6. The Morgan fingerprint density at radius 1 is 1.54 bits per heavy atom. The first kappa shape index (κ1) is 15.6. The molecule has 2 aromatic rings. The summed E-state index contributed by atoms with van der Waals surface area (Å²) < 4.78 is 11.7. The average Bonchev–Trinajstić information content (AvgIpc) is 3.27. The van der Waals surface area contributed by atoms with Crippen molar-refractivity contribution in [1.29, 1.82) is 0 Å². The zero-order valence-corrected chi connectivity index (χ0v) is 14.4. The second-order valence-corrected chi connectivity index (χ2v) is 7.59. The summed E-state index contributed by atoms with van der Waals surface area (Å²) in [6.45, 7) is 5.32. The third kappa shape index (κ3) is 2.70. The molecule has 2 aromatic heterocycles. The first-order chi connectivity index (χ1) is 11.7. The van der Waals surface area contributed by atoms with E-state index in [1.54, 1.807) is 12.4 Å². The van der Waals surface area contributed by atoms with Crippen LogP contribution in [0.4, 0.5) is 0 Å². The molecule has 24 heavy (non-hydrogen) atoms. The van der Waals surface area contributed by atoms with Crippen molar-refractivity contribution in [2.45, 2.75) is 6.92 Å². The Morgan fingerprint density at radius 2 is 2.46 bits per heavy atom. The van der Waals surface area contributed by atoms with Gasteiger partial charge in [-0.1, -0.05) is 0 Å². The van der Waals surface area contributed by atoms with E-state index >= 15 is 0 Å². The Morgan fingerprint density at radius 3 is 3.21 bits per heavy atom. The number of hydrogen-bond donors (Lipinski definition) is 0. The Hall–Kier alpha value is -1.92. The number of aryl methyl sites for hydroxylation is 1. The Bertz CT molecular complexity index is 733. The second-order valence-electron chi connectivity index (χ2n) is 6.67. The number of carbonyl (C=O) groups is 1. The number of amides is 1. The maximum Gasteiger partial charge on any atom is 0.264 e. The van der Waals surface area contributed by atoms with Crippen LogP contribution in [0.25, 0.3) is 0 Å². The van der Waals surface area contributed by atoms with Crippen molar-refractivity contribution < 1.29 is 14.3 Å². The highest BCUT2D eigenvalue weighted by molar-refractivity contribution is 7.12. The predicted molar refractivity (Wildman–Crippen MR) is 91.4 cm³/mol. The summed E-state index contributed by atoms with van der Waals surface area (Å²) in [6.07, 6.45) is 3.44. The van der Waals surface area contributed by atoms with E-state index in [1.807, 2.05) is 35.4 Å². The minimum absolute atomic E-state index is 0.114. The van der Waals surface area contributed by atoms with Gasteiger partial charge in [-0.3, -0.25) is 9.78 Å². The van der Waals surface area contributed by atoms with Gasteiger partial charge in [-0.15, -0.1) is 11.3 Å². The Kier molecular flexibility index (Phi) is 4.02. The number of nitrogens with zero attached hydrogens (tertiary/aromatic N) is 2. The fourth-order valence-electron chi connectivity index (χ4n) is 3.59. The molecule has 4 rings (SSSR count). The molecule has 2 atom stereocenters. The molecular weight excluding hydrogens is 324 g/mol. The normalized spacial score (nSPS) is 25.7. The minimum atomic E-state index is -0.114. The molecule has 2 fully saturated rings. The lowest BCUT2D eigenvalue weighted by Gasteiger charge is -2.27. The van der Waals surface area contributed by atoms with E-state index in [4.69, 9.17) is 9.47 Å². The maximum absolute atomic E-state index is 12.8. The highest BCUT2D eigenvalue weighted by atomic mass is 32.1. The largest absolute Gasteiger partial charge is 0.491 e. The van der Waals surface area contributed by atoms with Crippen LogP contribution in [-0.2, 0) is 4.74 Å². The zero-order valence-electron chi connectivity index (χ0n) is 13.6. The van der Waals surface area contributed by atoms with Crippen molar-refractivity contribution in [1.82, 2.24) is 9.88 Å². The van der Waals surface area contributed by atoms with Gasteiger partial charge in [0, 0.05) is 25.2 Å². The number of likely N-dealkylation sites (tertiary alicyclic amines) is 1. The van der Waals surface area contributed by atoms with Crippen LogP contribution in [0.3, 0.4) is 0 Å². The number of aromatic nitrogens is 1. The standard InChI is InChI=1S/C18H20N2O3S/c1-13-4-6-24-16(13)17(21)20-8-14-9-22-11-18(14,10-20)12-23-15-3-2-5-19-7-15/h2-7,14H,8-12H2,1H3/t14-,18+/m1/s1.